The fraction of sp³-hybridized carbons (Fsp3) is 0.325. The summed E-state index contributed by atoms with van der Waals surface area (Å²) >= 11 is 0. The summed E-state index contributed by atoms with van der Waals surface area (Å²) in [4.78, 5) is 30.6. The van der Waals surface area contributed by atoms with Gasteiger partial charge in [-0.25, -0.2) is 17.6 Å². The molecule has 2 aliphatic rings. The van der Waals surface area contributed by atoms with Gasteiger partial charge in [0.15, 0.2) is 5.82 Å². The van der Waals surface area contributed by atoms with Gasteiger partial charge >= 0.3 is 0 Å². The Morgan fingerprint density at radius 3 is 2.33 bits per heavy atom. The van der Waals surface area contributed by atoms with Gasteiger partial charge in [-0.05, 0) is 75.4 Å². The van der Waals surface area contributed by atoms with E-state index in [0.717, 1.165) is 37.6 Å². The molecule has 12 heteroatoms. The lowest BCUT2D eigenvalue weighted by Gasteiger charge is -2.32. The highest BCUT2D eigenvalue weighted by Gasteiger charge is 2.29. The zero-order chi connectivity index (χ0) is 36.5. The van der Waals surface area contributed by atoms with E-state index in [9.17, 15) is 22.8 Å². The van der Waals surface area contributed by atoms with Gasteiger partial charge in [0.2, 0.25) is 11.8 Å². The quantitative estimate of drug-likeness (QED) is 0.117. The number of likely N-dealkylation sites (tertiary alicyclic amines) is 1. The largest absolute Gasteiger partial charge is 0.361 e. The predicted octanol–water partition coefficient (Wildman–Crippen LogP) is 8.29. The number of imide groups is 1. The third-order valence-corrected chi connectivity index (χ3v) is 10.3. The number of anilines is 1. The van der Waals surface area contributed by atoms with Gasteiger partial charge in [-0.3, -0.25) is 24.8 Å². The number of aromatic nitrogens is 3. The number of amides is 2. The monoisotopic (exact) mass is 710 g/mol. The molecule has 0 spiro atoms. The first kappa shape index (κ1) is 35.2. The highest BCUT2D eigenvalue weighted by molar-refractivity contribution is 6.01. The Bertz CT molecular complexity index is 2140. The number of fused-ring (bicyclic) bond motifs is 1. The van der Waals surface area contributed by atoms with E-state index in [1.807, 2.05) is 18.2 Å². The second-order valence-electron chi connectivity index (χ2n) is 13.7. The van der Waals surface area contributed by atoms with Crippen molar-refractivity contribution in [1.29, 1.82) is 0 Å². The van der Waals surface area contributed by atoms with E-state index in [1.54, 1.807) is 38.2 Å². The Morgan fingerprint density at radius 1 is 0.885 bits per heavy atom. The maximum absolute atomic E-state index is 16.2. The molecule has 2 amide bonds. The van der Waals surface area contributed by atoms with Gasteiger partial charge in [0, 0.05) is 46.6 Å². The number of nitrogens with zero attached hydrogens (tertiary/aromatic N) is 4. The fourth-order valence-electron chi connectivity index (χ4n) is 7.36. The first-order chi connectivity index (χ1) is 25.1. The normalized spacial score (nSPS) is 17.8. The van der Waals surface area contributed by atoms with Gasteiger partial charge in [-0.1, -0.05) is 54.6 Å². The molecular formula is C40H38F4N6O2. The van der Waals surface area contributed by atoms with Gasteiger partial charge < -0.3 is 5.32 Å². The van der Waals surface area contributed by atoms with Crippen LogP contribution in [0.3, 0.4) is 0 Å². The molecule has 2 aromatic heterocycles. The average molecular weight is 711 g/mol. The number of hydrogen-bond acceptors (Lipinski definition) is 7. The molecule has 2 atom stereocenters. The van der Waals surface area contributed by atoms with Crippen molar-refractivity contribution < 1.29 is 27.2 Å². The number of benzene rings is 3. The average Bonchev–Trinajstić information content (AvgIpc) is 3.14. The van der Waals surface area contributed by atoms with Crippen molar-refractivity contribution in [1.82, 2.24) is 25.4 Å². The van der Waals surface area contributed by atoms with E-state index < -0.39 is 23.8 Å². The Balaban J connectivity index is 1.05. The molecule has 2 aliphatic heterocycles. The summed E-state index contributed by atoms with van der Waals surface area (Å²) in [5.41, 5.74) is 3.39. The van der Waals surface area contributed by atoms with Crippen LogP contribution in [-0.2, 0) is 16.1 Å². The van der Waals surface area contributed by atoms with Crippen LogP contribution in [0.25, 0.3) is 22.0 Å². The van der Waals surface area contributed by atoms with E-state index in [0.29, 0.717) is 64.4 Å². The number of pyridine rings is 1. The third kappa shape index (κ3) is 7.12. The zero-order valence-corrected chi connectivity index (χ0v) is 28.8. The van der Waals surface area contributed by atoms with Crippen molar-refractivity contribution in [3.8, 4) is 11.3 Å². The minimum atomic E-state index is -2.95. The lowest BCUT2D eigenvalue weighted by atomic mass is 9.86. The molecule has 0 saturated carbocycles. The number of aryl methyl sites for hydroxylation is 1. The van der Waals surface area contributed by atoms with Crippen LogP contribution in [0, 0.1) is 18.6 Å². The maximum Gasteiger partial charge on any atom is 0.266 e. The second kappa shape index (κ2) is 14.8. The molecule has 52 heavy (non-hydrogen) atoms. The molecule has 2 fully saturated rings. The highest BCUT2D eigenvalue weighted by Crippen LogP contribution is 2.35. The lowest BCUT2D eigenvalue weighted by Crippen LogP contribution is -2.39. The van der Waals surface area contributed by atoms with E-state index in [-0.39, 0.29) is 29.1 Å². The SMILES string of the molecule is Cc1nnc(N[C@H](C)c2cccc(C(F)F)c2F)c2cc(-c3cccc(CN4CCC(c5ccc(C6CCC(=O)NC6=O)cc5)CC4)c3F)ncc12. The minimum Gasteiger partial charge on any atom is -0.361 e. The first-order valence-corrected chi connectivity index (χ1v) is 17.5. The first-order valence-electron chi connectivity index (χ1n) is 17.5. The number of carbonyl (C=O) groups is 2. The number of carbonyl (C=O) groups excluding carboxylic acids is 2. The summed E-state index contributed by atoms with van der Waals surface area (Å²) < 4.78 is 57.9. The summed E-state index contributed by atoms with van der Waals surface area (Å²) in [6.07, 6.45) is 1.35. The topological polar surface area (TPSA) is 100 Å². The van der Waals surface area contributed by atoms with Crippen LogP contribution in [0.4, 0.5) is 23.4 Å². The summed E-state index contributed by atoms with van der Waals surface area (Å²) in [5, 5.41) is 15.3. The van der Waals surface area contributed by atoms with Crippen molar-refractivity contribution in [3.05, 3.63) is 118 Å². The van der Waals surface area contributed by atoms with Crippen molar-refractivity contribution >= 4 is 28.4 Å². The van der Waals surface area contributed by atoms with E-state index in [2.05, 4.69) is 42.8 Å². The van der Waals surface area contributed by atoms with Crippen molar-refractivity contribution in [3.63, 3.8) is 0 Å². The van der Waals surface area contributed by atoms with Crippen LogP contribution >= 0.6 is 0 Å². The number of alkyl halides is 2. The Labute approximate surface area is 298 Å². The van der Waals surface area contributed by atoms with Crippen molar-refractivity contribution in [2.24, 2.45) is 0 Å². The van der Waals surface area contributed by atoms with Gasteiger partial charge in [0.1, 0.15) is 11.6 Å². The lowest BCUT2D eigenvalue weighted by molar-refractivity contribution is -0.134. The third-order valence-electron chi connectivity index (χ3n) is 10.3. The summed E-state index contributed by atoms with van der Waals surface area (Å²) in [5.74, 6) is -1.46. The van der Waals surface area contributed by atoms with Crippen LogP contribution < -0.4 is 10.6 Å². The Hall–Kier alpha value is -5.23. The second-order valence-corrected chi connectivity index (χ2v) is 13.7. The minimum absolute atomic E-state index is 0.0630. The van der Waals surface area contributed by atoms with Crippen LogP contribution in [0.5, 0.6) is 0 Å². The molecule has 2 N–H and O–H groups in total. The molecule has 2 saturated heterocycles. The molecule has 3 aromatic carbocycles. The van der Waals surface area contributed by atoms with Crippen LogP contribution in [0.15, 0.2) is 72.9 Å². The summed E-state index contributed by atoms with van der Waals surface area (Å²) in [6, 6.07) is 18.3. The Kier molecular flexibility index (Phi) is 10.0. The molecular weight excluding hydrogens is 672 g/mol. The molecule has 5 aromatic rings. The van der Waals surface area contributed by atoms with Crippen molar-refractivity contribution in [2.45, 2.75) is 70.4 Å². The molecule has 0 aliphatic carbocycles. The molecule has 7 rings (SSSR count). The zero-order valence-electron chi connectivity index (χ0n) is 28.8. The van der Waals surface area contributed by atoms with Crippen LogP contribution in [0.1, 0.15) is 90.4 Å². The molecule has 8 nitrogen and oxygen atoms in total. The summed E-state index contributed by atoms with van der Waals surface area (Å²) in [6.45, 7) is 5.45. The number of piperidine rings is 2. The summed E-state index contributed by atoms with van der Waals surface area (Å²) in [7, 11) is 0. The number of hydrogen-bond donors (Lipinski definition) is 2. The van der Waals surface area contributed by atoms with E-state index in [1.165, 1.54) is 17.7 Å². The van der Waals surface area contributed by atoms with Crippen LogP contribution in [0.2, 0.25) is 0 Å². The van der Waals surface area contributed by atoms with E-state index >= 15 is 4.39 Å². The predicted molar refractivity (Wildman–Crippen MR) is 190 cm³/mol. The number of rotatable bonds is 9. The Morgan fingerprint density at radius 2 is 1.60 bits per heavy atom. The smallest absolute Gasteiger partial charge is 0.266 e. The maximum atomic E-state index is 16.2. The van der Waals surface area contributed by atoms with Crippen LogP contribution in [-0.4, -0.2) is 45.0 Å². The highest BCUT2D eigenvalue weighted by atomic mass is 19.3. The molecule has 1 unspecified atom stereocenters. The van der Waals surface area contributed by atoms with Gasteiger partial charge in [0.05, 0.1) is 28.9 Å². The van der Waals surface area contributed by atoms with Gasteiger partial charge in [0.25, 0.3) is 6.43 Å². The molecule has 0 radical (unpaired) electrons. The standard InChI is InChI=1S/C40H38F4N6O2/c1-22(28-6-4-8-31(37(28)42)38(43)44)46-39-32-19-34(45-20-33(32)23(2)48-49-39)30-7-3-5-27(36(30)41)21-50-17-15-25(16-18-50)24-9-11-26(12-10-24)29-13-14-35(51)47-40(29)52/h3-12,19-20,22,25,29,38H,13-18,21H2,1-2H3,(H,46,49)(H,47,51,52)/t22-,29?/m1/s1. The molecule has 0 bridgehead atoms. The fourth-order valence-corrected chi connectivity index (χ4v) is 7.36. The van der Waals surface area contributed by atoms with E-state index in [4.69, 9.17) is 0 Å². The molecule has 268 valence electrons. The van der Waals surface area contributed by atoms with Gasteiger partial charge in [-0.15, -0.1) is 5.10 Å². The molecule has 4 heterocycles. The van der Waals surface area contributed by atoms with Crippen molar-refractivity contribution in [2.75, 3.05) is 18.4 Å². The number of nitrogens with one attached hydrogen (secondary N) is 2. The number of halogens is 4. The van der Waals surface area contributed by atoms with Gasteiger partial charge in [-0.2, -0.15) is 5.10 Å².